The molecule has 0 aliphatic heterocycles. The van der Waals surface area contributed by atoms with Crippen molar-refractivity contribution in [1.82, 2.24) is 10.6 Å². The van der Waals surface area contributed by atoms with Crippen molar-refractivity contribution in [2.45, 2.75) is 115 Å². The molecular weight excluding hydrogens is 504 g/mol. The number of aliphatic hydroxyl groups is 1. The Morgan fingerprint density at radius 2 is 1.77 bits per heavy atom. The average Bonchev–Trinajstić information content (AvgIpc) is 2.87. The highest BCUT2D eigenvalue weighted by Crippen LogP contribution is 2.44. The lowest BCUT2D eigenvalue weighted by Gasteiger charge is -2.38. The molecule has 1 fully saturated rings. The second-order valence-corrected chi connectivity index (χ2v) is 17.3. The van der Waals surface area contributed by atoms with E-state index >= 15 is 0 Å². The molecule has 1 saturated carbocycles. The number of phenols is 1. The number of nitrogens with one attached hydrogen (secondary N) is 2. The van der Waals surface area contributed by atoms with Gasteiger partial charge in [-0.15, -0.1) is 0 Å². The van der Waals surface area contributed by atoms with Crippen LogP contribution in [-0.2, 0) is 24.2 Å². The van der Waals surface area contributed by atoms with Crippen LogP contribution in [0.25, 0.3) is 0 Å². The molecule has 0 bridgehead atoms. The molecule has 7 heteroatoms. The van der Waals surface area contributed by atoms with E-state index in [4.69, 9.17) is 0 Å². The van der Waals surface area contributed by atoms with Crippen molar-refractivity contribution in [3.05, 3.63) is 64.7 Å². The third kappa shape index (κ3) is 9.45. The van der Waals surface area contributed by atoms with E-state index in [1.165, 1.54) is 24.8 Å². The first-order valence-electron chi connectivity index (χ1n) is 14.6. The Kier molecular flexibility index (Phi) is 11.2. The molecule has 6 nitrogen and oxygen atoms in total. The zero-order chi connectivity index (χ0) is 28.6. The van der Waals surface area contributed by atoms with Crippen LogP contribution in [0, 0.1) is 0 Å². The maximum absolute atomic E-state index is 12.6. The standard InChI is InChI=1S/C32H50N2O4Si/c1-23(16-24-10-9-11-25(17-24)18-31(37)34-29-12-7-6-8-13-29)33-21-28(20-32(2,3)39(4,5)38)26-14-15-30(36)27(19-26)22-35/h9-11,14-15,17,19,23,28-29,33,35-36,38H,6-8,12-13,16,18,20-22H2,1-5H3,(H,34,37)/t23-,28+/m1/s1. The molecule has 0 aromatic heterocycles. The quantitative estimate of drug-likeness (QED) is 0.209. The van der Waals surface area contributed by atoms with E-state index in [2.05, 4.69) is 43.5 Å². The minimum atomic E-state index is -2.42. The molecule has 216 valence electrons. The zero-order valence-corrected chi connectivity index (χ0v) is 25.6. The second kappa shape index (κ2) is 13.9. The third-order valence-corrected chi connectivity index (χ3v) is 12.3. The highest BCUT2D eigenvalue weighted by Gasteiger charge is 2.40. The predicted octanol–water partition coefficient (Wildman–Crippen LogP) is 5.55. The van der Waals surface area contributed by atoms with E-state index < -0.39 is 8.32 Å². The fourth-order valence-electron chi connectivity index (χ4n) is 5.51. The van der Waals surface area contributed by atoms with E-state index in [0.29, 0.717) is 24.6 Å². The number of carbonyl (C=O) groups is 1. The van der Waals surface area contributed by atoms with Crippen LogP contribution in [0.15, 0.2) is 42.5 Å². The molecule has 0 unspecified atom stereocenters. The lowest BCUT2D eigenvalue weighted by atomic mass is 9.88. The summed E-state index contributed by atoms with van der Waals surface area (Å²) >= 11 is 0. The van der Waals surface area contributed by atoms with Gasteiger partial charge in [0.05, 0.1) is 13.0 Å². The first kappa shape index (κ1) is 31.3. The summed E-state index contributed by atoms with van der Waals surface area (Å²) in [6.45, 7) is 10.9. The topological polar surface area (TPSA) is 102 Å². The van der Waals surface area contributed by atoms with Gasteiger partial charge in [0.1, 0.15) is 5.75 Å². The number of benzene rings is 2. The van der Waals surface area contributed by atoms with Crippen LogP contribution in [0.5, 0.6) is 5.75 Å². The molecule has 0 heterocycles. The van der Waals surface area contributed by atoms with Crippen LogP contribution in [0.3, 0.4) is 0 Å². The fourth-order valence-corrected chi connectivity index (χ4v) is 6.25. The predicted molar refractivity (Wildman–Crippen MR) is 161 cm³/mol. The number of hydrogen-bond acceptors (Lipinski definition) is 5. The Labute approximate surface area is 236 Å². The Morgan fingerprint density at radius 1 is 1.08 bits per heavy atom. The lowest BCUT2D eigenvalue weighted by molar-refractivity contribution is -0.121. The molecule has 2 aromatic carbocycles. The zero-order valence-electron chi connectivity index (χ0n) is 24.6. The van der Waals surface area contributed by atoms with Gasteiger partial charge in [-0.05, 0) is 85.5 Å². The van der Waals surface area contributed by atoms with Crippen molar-refractivity contribution in [1.29, 1.82) is 0 Å². The largest absolute Gasteiger partial charge is 0.508 e. The van der Waals surface area contributed by atoms with E-state index in [0.717, 1.165) is 36.8 Å². The van der Waals surface area contributed by atoms with Gasteiger partial charge in [-0.25, -0.2) is 0 Å². The van der Waals surface area contributed by atoms with Crippen molar-refractivity contribution < 1.29 is 19.8 Å². The summed E-state index contributed by atoms with van der Waals surface area (Å²) in [5.74, 6) is 0.328. The first-order chi connectivity index (χ1) is 18.4. The molecule has 5 N–H and O–H groups in total. The minimum Gasteiger partial charge on any atom is -0.508 e. The van der Waals surface area contributed by atoms with Crippen molar-refractivity contribution in [3.8, 4) is 5.75 Å². The van der Waals surface area contributed by atoms with Gasteiger partial charge >= 0.3 is 0 Å². The number of aliphatic hydroxyl groups excluding tert-OH is 1. The summed E-state index contributed by atoms with van der Waals surface area (Å²) in [5.41, 5.74) is 3.82. The van der Waals surface area contributed by atoms with Crippen molar-refractivity contribution in [3.63, 3.8) is 0 Å². The monoisotopic (exact) mass is 554 g/mol. The molecule has 1 aliphatic carbocycles. The molecule has 1 amide bonds. The maximum atomic E-state index is 12.6. The number of carbonyl (C=O) groups excluding carboxylic acids is 1. The summed E-state index contributed by atoms with van der Waals surface area (Å²) in [6, 6.07) is 14.3. The Balaban J connectivity index is 1.63. The fraction of sp³-hybridized carbons (Fsp3) is 0.594. The highest BCUT2D eigenvalue weighted by atomic mass is 28.4. The molecule has 0 radical (unpaired) electrons. The van der Waals surface area contributed by atoms with Gasteiger partial charge < -0.3 is 25.6 Å². The Morgan fingerprint density at radius 3 is 2.44 bits per heavy atom. The molecule has 3 rings (SSSR count). The van der Waals surface area contributed by atoms with Crippen LogP contribution < -0.4 is 10.6 Å². The summed E-state index contributed by atoms with van der Waals surface area (Å²) in [7, 11) is -2.42. The van der Waals surface area contributed by atoms with E-state index in [1.54, 1.807) is 6.07 Å². The van der Waals surface area contributed by atoms with Gasteiger partial charge in [0, 0.05) is 24.2 Å². The lowest BCUT2D eigenvalue weighted by Crippen LogP contribution is -2.41. The van der Waals surface area contributed by atoms with Gasteiger partial charge in [0.15, 0.2) is 8.32 Å². The SMILES string of the molecule is C[C@H](Cc1cccc(CC(=O)NC2CCCCC2)c1)NC[C@H](CC(C)(C)[Si](C)(C)O)c1ccc(O)c(CO)c1. The number of aromatic hydroxyl groups is 1. The van der Waals surface area contributed by atoms with Gasteiger partial charge in [-0.2, -0.15) is 0 Å². The second-order valence-electron chi connectivity index (χ2n) is 12.8. The Hall–Kier alpha value is -2.19. The van der Waals surface area contributed by atoms with E-state index in [9.17, 15) is 19.8 Å². The molecule has 2 aromatic rings. The van der Waals surface area contributed by atoms with Crippen molar-refractivity contribution in [2.75, 3.05) is 6.54 Å². The summed E-state index contributed by atoms with van der Waals surface area (Å²) < 4.78 is 0. The van der Waals surface area contributed by atoms with Gasteiger partial charge in [-0.1, -0.05) is 63.4 Å². The molecular formula is C32H50N2O4Si. The molecule has 1 aliphatic rings. The summed E-state index contributed by atoms with van der Waals surface area (Å²) in [4.78, 5) is 23.6. The maximum Gasteiger partial charge on any atom is 0.224 e. The number of hydrogen-bond donors (Lipinski definition) is 5. The van der Waals surface area contributed by atoms with Crippen molar-refractivity contribution >= 4 is 14.2 Å². The first-order valence-corrected chi connectivity index (χ1v) is 17.6. The molecule has 0 saturated heterocycles. The van der Waals surface area contributed by atoms with Gasteiger partial charge in [0.2, 0.25) is 5.91 Å². The smallest absolute Gasteiger partial charge is 0.224 e. The van der Waals surface area contributed by atoms with Gasteiger partial charge in [0.25, 0.3) is 0 Å². The molecule has 2 atom stereocenters. The van der Waals surface area contributed by atoms with Crippen LogP contribution in [0.2, 0.25) is 18.1 Å². The van der Waals surface area contributed by atoms with Crippen LogP contribution in [-0.4, -0.2) is 47.9 Å². The van der Waals surface area contributed by atoms with Crippen LogP contribution in [0.1, 0.15) is 87.5 Å². The van der Waals surface area contributed by atoms with E-state index in [1.807, 2.05) is 37.4 Å². The van der Waals surface area contributed by atoms with E-state index in [-0.39, 0.29) is 35.3 Å². The number of amides is 1. The molecule has 0 spiro atoms. The summed E-state index contributed by atoms with van der Waals surface area (Å²) in [5, 5.41) is 26.5. The summed E-state index contributed by atoms with van der Waals surface area (Å²) in [6.07, 6.45) is 7.93. The highest BCUT2D eigenvalue weighted by molar-refractivity contribution is 6.72. The van der Waals surface area contributed by atoms with Crippen LogP contribution >= 0.6 is 0 Å². The third-order valence-electron chi connectivity index (χ3n) is 8.74. The average molecular weight is 555 g/mol. The van der Waals surface area contributed by atoms with Crippen LogP contribution in [0.4, 0.5) is 0 Å². The minimum absolute atomic E-state index is 0.102. The molecule has 39 heavy (non-hydrogen) atoms. The van der Waals surface area contributed by atoms with Gasteiger partial charge in [-0.3, -0.25) is 4.79 Å². The number of rotatable bonds is 13. The Bertz CT molecular complexity index is 1080. The normalized spacial score (nSPS) is 16.6. The van der Waals surface area contributed by atoms with Crippen molar-refractivity contribution in [2.24, 2.45) is 0 Å².